The SMILES string of the molecule is CCC[C@H](c1nnnn1C(C)(C)CC)[NH+](CCO)Cc1cc2cc(C)ccc2[nH]c1=O. The fourth-order valence-electron chi connectivity index (χ4n) is 4.07. The topological polar surface area (TPSA) is 101 Å². The largest absolute Gasteiger partial charge is 0.391 e. The van der Waals surface area contributed by atoms with Gasteiger partial charge in [0.05, 0.1) is 17.7 Å². The third kappa shape index (κ3) is 5.02. The van der Waals surface area contributed by atoms with Gasteiger partial charge in [0.15, 0.2) is 0 Å². The Morgan fingerprint density at radius 1 is 1.26 bits per heavy atom. The number of tetrazole rings is 1. The van der Waals surface area contributed by atoms with E-state index >= 15 is 0 Å². The number of aromatic nitrogens is 5. The number of hydrogen-bond donors (Lipinski definition) is 3. The summed E-state index contributed by atoms with van der Waals surface area (Å²) in [5.41, 5.74) is 2.39. The third-order valence-corrected chi connectivity index (χ3v) is 6.24. The first-order valence-electron chi connectivity index (χ1n) is 11.2. The van der Waals surface area contributed by atoms with E-state index in [2.05, 4.69) is 54.3 Å². The Kier molecular flexibility index (Phi) is 7.23. The number of nitrogens with one attached hydrogen (secondary N) is 2. The zero-order valence-electron chi connectivity index (χ0n) is 19.3. The maximum absolute atomic E-state index is 12.8. The number of H-pyrrole nitrogens is 1. The number of pyridine rings is 1. The summed E-state index contributed by atoms with van der Waals surface area (Å²) >= 11 is 0. The normalized spacial score (nSPS) is 14.1. The number of quaternary nitrogens is 1. The van der Waals surface area contributed by atoms with Crippen LogP contribution in [0.25, 0.3) is 10.9 Å². The predicted octanol–water partition coefficient (Wildman–Crippen LogP) is 1.89. The molecule has 2 atom stereocenters. The van der Waals surface area contributed by atoms with Crippen molar-refractivity contribution in [2.75, 3.05) is 13.2 Å². The molecule has 0 radical (unpaired) electrons. The second-order valence-corrected chi connectivity index (χ2v) is 8.98. The van der Waals surface area contributed by atoms with Gasteiger partial charge in [-0.25, -0.2) is 4.68 Å². The Balaban J connectivity index is 2.02. The molecule has 3 aromatic rings. The van der Waals surface area contributed by atoms with Crippen molar-refractivity contribution in [3.05, 3.63) is 51.6 Å². The minimum Gasteiger partial charge on any atom is -0.391 e. The van der Waals surface area contributed by atoms with Crippen LogP contribution in [0, 0.1) is 6.92 Å². The minimum absolute atomic E-state index is 0.0226. The van der Waals surface area contributed by atoms with Crippen LogP contribution in [0.1, 0.15) is 70.0 Å². The average molecular weight is 428 g/mol. The molecule has 0 aliphatic carbocycles. The molecule has 0 bridgehead atoms. The first kappa shape index (κ1) is 23.1. The Morgan fingerprint density at radius 3 is 2.71 bits per heavy atom. The van der Waals surface area contributed by atoms with Crippen LogP contribution in [0.5, 0.6) is 0 Å². The maximum atomic E-state index is 12.8. The number of benzene rings is 1. The van der Waals surface area contributed by atoms with Crippen molar-refractivity contribution in [3.8, 4) is 0 Å². The van der Waals surface area contributed by atoms with E-state index in [4.69, 9.17) is 0 Å². The van der Waals surface area contributed by atoms with E-state index in [9.17, 15) is 9.90 Å². The molecule has 0 spiro atoms. The highest BCUT2D eigenvalue weighted by Gasteiger charge is 2.33. The molecule has 3 N–H and O–H groups in total. The van der Waals surface area contributed by atoms with Crippen molar-refractivity contribution in [1.82, 2.24) is 25.2 Å². The quantitative estimate of drug-likeness (QED) is 0.459. The summed E-state index contributed by atoms with van der Waals surface area (Å²) in [5, 5.41) is 23.5. The lowest BCUT2D eigenvalue weighted by Gasteiger charge is -2.30. The Morgan fingerprint density at radius 2 is 2.03 bits per heavy atom. The van der Waals surface area contributed by atoms with Gasteiger partial charge in [0.25, 0.3) is 5.56 Å². The summed E-state index contributed by atoms with van der Waals surface area (Å²) in [6.45, 7) is 11.6. The predicted molar refractivity (Wildman–Crippen MR) is 121 cm³/mol. The van der Waals surface area contributed by atoms with Crippen LogP contribution in [0.2, 0.25) is 0 Å². The van der Waals surface area contributed by atoms with Gasteiger partial charge in [-0.2, -0.15) is 0 Å². The van der Waals surface area contributed by atoms with E-state index in [-0.39, 0.29) is 23.7 Å². The lowest BCUT2D eigenvalue weighted by molar-refractivity contribution is -0.946. The molecule has 0 saturated heterocycles. The molecule has 8 nitrogen and oxygen atoms in total. The number of nitrogens with zero attached hydrogens (tertiary/aromatic N) is 4. The number of aliphatic hydroxyl groups is 1. The lowest BCUT2D eigenvalue weighted by Crippen LogP contribution is -3.11. The van der Waals surface area contributed by atoms with Crippen molar-refractivity contribution < 1.29 is 10.0 Å². The molecule has 2 aromatic heterocycles. The Bertz CT molecular complexity index is 1070. The Hall–Kier alpha value is -2.58. The van der Waals surface area contributed by atoms with Crippen LogP contribution in [-0.4, -0.2) is 43.4 Å². The monoisotopic (exact) mass is 427 g/mol. The van der Waals surface area contributed by atoms with Gasteiger partial charge in [0.2, 0.25) is 5.82 Å². The summed E-state index contributed by atoms with van der Waals surface area (Å²) in [7, 11) is 0. The summed E-state index contributed by atoms with van der Waals surface area (Å²) in [5.74, 6) is 0.810. The number of aryl methyl sites for hydroxylation is 1. The number of fused-ring (bicyclic) bond motifs is 1. The fourth-order valence-corrected chi connectivity index (χ4v) is 4.07. The van der Waals surface area contributed by atoms with Gasteiger partial charge in [-0.3, -0.25) is 4.79 Å². The highest BCUT2D eigenvalue weighted by molar-refractivity contribution is 5.79. The molecule has 1 aromatic carbocycles. The second kappa shape index (κ2) is 9.70. The molecule has 0 aliphatic heterocycles. The zero-order valence-corrected chi connectivity index (χ0v) is 19.3. The molecule has 1 unspecified atom stereocenters. The number of rotatable bonds is 10. The number of aromatic amines is 1. The van der Waals surface area contributed by atoms with Crippen LogP contribution in [0.4, 0.5) is 0 Å². The Labute approximate surface area is 183 Å². The number of aliphatic hydroxyl groups excluding tert-OH is 1. The van der Waals surface area contributed by atoms with Crippen LogP contribution in [0.15, 0.2) is 29.1 Å². The zero-order chi connectivity index (χ0) is 22.6. The van der Waals surface area contributed by atoms with Crippen LogP contribution in [0.3, 0.4) is 0 Å². The first-order valence-corrected chi connectivity index (χ1v) is 11.2. The summed E-state index contributed by atoms with van der Waals surface area (Å²) < 4.78 is 1.92. The molecule has 2 heterocycles. The first-order chi connectivity index (χ1) is 14.8. The van der Waals surface area contributed by atoms with Crippen LogP contribution >= 0.6 is 0 Å². The smallest absolute Gasteiger partial charge is 0.257 e. The summed E-state index contributed by atoms with van der Waals surface area (Å²) in [6.07, 6.45) is 2.70. The number of hydrogen-bond acceptors (Lipinski definition) is 5. The second-order valence-electron chi connectivity index (χ2n) is 8.98. The van der Waals surface area contributed by atoms with Crippen LogP contribution < -0.4 is 10.5 Å². The van der Waals surface area contributed by atoms with Crippen molar-refractivity contribution >= 4 is 10.9 Å². The third-order valence-electron chi connectivity index (χ3n) is 6.24. The molecule has 0 fully saturated rings. The molecule has 0 amide bonds. The van der Waals surface area contributed by atoms with Crippen molar-refractivity contribution in [1.29, 1.82) is 0 Å². The van der Waals surface area contributed by atoms with Crippen molar-refractivity contribution in [2.24, 2.45) is 0 Å². The van der Waals surface area contributed by atoms with Crippen LogP contribution in [-0.2, 0) is 12.1 Å². The van der Waals surface area contributed by atoms with Crippen molar-refractivity contribution in [2.45, 2.75) is 72.0 Å². The molecular formula is C23H35N6O2+. The lowest BCUT2D eigenvalue weighted by atomic mass is 10.0. The molecule has 0 aliphatic rings. The van der Waals surface area contributed by atoms with Gasteiger partial charge in [-0.1, -0.05) is 31.9 Å². The van der Waals surface area contributed by atoms with E-state index < -0.39 is 0 Å². The van der Waals surface area contributed by atoms with Gasteiger partial charge < -0.3 is 15.0 Å². The van der Waals surface area contributed by atoms with Crippen molar-refractivity contribution in [3.63, 3.8) is 0 Å². The molecule has 168 valence electrons. The summed E-state index contributed by atoms with van der Waals surface area (Å²) in [4.78, 5) is 16.9. The molecule has 31 heavy (non-hydrogen) atoms. The van der Waals surface area contributed by atoms with E-state index in [1.54, 1.807) is 0 Å². The van der Waals surface area contributed by atoms with E-state index in [0.29, 0.717) is 18.7 Å². The summed E-state index contributed by atoms with van der Waals surface area (Å²) in [6, 6.07) is 7.96. The van der Waals surface area contributed by atoms with Gasteiger partial charge in [0, 0.05) is 11.9 Å². The maximum Gasteiger partial charge on any atom is 0.257 e. The molecule has 0 saturated carbocycles. The molecule has 3 rings (SSSR count). The van der Waals surface area contributed by atoms with Gasteiger partial charge in [-0.15, -0.1) is 5.10 Å². The van der Waals surface area contributed by atoms with Gasteiger partial charge in [-0.05, 0) is 61.2 Å². The molecular weight excluding hydrogens is 392 g/mol. The van der Waals surface area contributed by atoms with Gasteiger partial charge >= 0.3 is 0 Å². The minimum atomic E-state index is -0.215. The van der Waals surface area contributed by atoms with Gasteiger partial charge in [0.1, 0.15) is 19.1 Å². The van der Waals surface area contributed by atoms with E-state index in [0.717, 1.165) is 46.5 Å². The highest BCUT2D eigenvalue weighted by Crippen LogP contribution is 2.23. The standard InChI is InChI=1S/C23H34N6O2/c1-6-8-20(21-25-26-27-29(21)23(4,5)7-2)28(11-12-30)15-18-14-17-13-16(3)9-10-19(17)24-22(18)31/h9-10,13-14,20,30H,6-8,11-12,15H2,1-5H3,(H,24,31)/p+1/t20-/m1/s1. The van der Waals surface area contributed by atoms with E-state index in [1.807, 2.05) is 29.8 Å². The highest BCUT2D eigenvalue weighted by atomic mass is 16.3. The average Bonchev–Trinajstić information content (AvgIpc) is 3.23. The molecule has 8 heteroatoms. The van der Waals surface area contributed by atoms with E-state index in [1.165, 1.54) is 0 Å². The fraction of sp³-hybridized carbons (Fsp3) is 0.565.